The van der Waals surface area contributed by atoms with Gasteiger partial charge in [-0.3, -0.25) is 9.79 Å². The van der Waals surface area contributed by atoms with Gasteiger partial charge in [-0.1, -0.05) is 26.7 Å². The van der Waals surface area contributed by atoms with Crippen molar-refractivity contribution in [1.82, 2.24) is 5.32 Å². The zero-order chi connectivity index (χ0) is 40.5. The average Bonchev–Trinajstić information content (AvgIpc) is 3.10. The molecule has 0 aromatic heterocycles. The molecule has 0 saturated carbocycles. The molecule has 13 heteroatoms. The molecule has 0 aliphatic carbocycles. The van der Waals surface area contributed by atoms with Crippen molar-refractivity contribution in [2.45, 2.75) is 103 Å². The molecule has 0 fully saturated rings. The van der Waals surface area contributed by atoms with Crippen molar-refractivity contribution in [2.24, 2.45) is 4.99 Å². The SMILES string of the molecule is CC1CC(C)(C)Nc2cc3c(cc21)C(c1c(F)c(C(=O)NCCOCCOCCCCCCCl)c(F)c(F)c1C(=O)O)=c1cc2c(cc1O3)=NC(C)(C)CC2C. The Morgan fingerprint density at radius 1 is 0.875 bits per heavy atom. The summed E-state index contributed by atoms with van der Waals surface area (Å²) in [6.07, 6.45) is 5.38. The van der Waals surface area contributed by atoms with Crippen molar-refractivity contribution < 1.29 is 42.1 Å². The van der Waals surface area contributed by atoms with Crippen molar-refractivity contribution in [3.05, 3.63) is 85.7 Å². The smallest absolute Gasteiger partial charge is 0.339 e. The normalized spacial score (nSPS) is 18.7. The first-order valence-corrected chi connectivity index (χ1v) is 19.9. The number of rotatable bonds is 15. The van der Waals surface area contributed by atoms with Crippen LogP contribution in [0.1, 0.15) is 135 Å². The van der Waals surface area contributed by atoms with Gasteiger partial charge >= 0.3 is 5.97 Å². The predicted octanol–water partition coefficient (Wildman–Crippen LogP) is 8.32. The van der Waals surface area contributed by atoms with Crippen LogP contribution in [-0.4, -0.2) is 66.9 Å². The van der Waals surface area contributed by atoms with Crippen LogP contribution < -0.4 is 25.9 Å². The van der Waals surface area contributed by atoms with Crippen LogP contribution in [0.3, 0.4) is 0 Å². The fourth-order valence-corrected chi connectivity index (χ4v) is 8.59. The Labute approximate surface area is 330 Å². The second-order valence-electron chi connectivity index (χ2n) is 16.4. The molecule has 6 rings (SSSR count). The number of alkyl halides is 1. The monoisotopic (exact) mass is 797 g/mol. The number of halogens is 4. The number of carbonyl (C=O) groups excluding carboxylic acids is 1. The number of aromatic carboxylic acids is 1. The lowest BCUT2D eigenvalue weighted by molar-refractivity contribution is 0.0468. The lowest BCUT2D eigenvalue weighted by atomic mass is 9.79. The van der Waals surface area contributed by atoms with Gasteiger partial charge in [0.1, 0.15) is 28.4 Å². The van der Waals surface area contributed by atoms with Gasteiger partial charge in [-0.2, -0.15) is 0 Å². The molecule has 3 heterocycles. The van der Waals surface area contributed by atoms with Gasteiger partial charge in [0, 0.05) is 64.3 Å². The van der Waals surface area contributed by atoms with E-state index in [1.165, 1.54) is 0 Å². The number of hydrogen-bond donors (Lipinski definition) is 3. The minimum atomic E-state index is -1.90. The Morgan fingerprint density at radius 2 is 1.55 bits per heavy atom. The van der Waals surface area contributed by atoms with E-state index >= 15 is 13.2 Å². The van der Waals surface area contributed by atoms with Crippen molar-refractivity contribution in [2.75, 3.05) is 44.2 Å². The van der Waals surface area contributed by atoms with Gasteiger partial charge in [0.05, 0.1) is 30.7 Å². The molecule has 0 spiro atoms. The number of benzene rings is 3. The third-order valence-electron chi connectivity index (χ3n) is 10.7. The van der Waals surface area contributed by atoms with E-state index < -0.39 is 46.0 Å². The number of unbranched alkanes of at least 4 members (excludes halogenated alkanes) is 3. The van der Waals surface area contributed by atoms with Crippen molar-refractivity contribution in [3.8, 4) is 11.5 Å². The Kier molecular flexibility index (Phi) is 12.4. The zero-order valence-electron chi connectivity index (χ0n) is 32.9. The van der Waals surface area contributed by atoms with Gasteiger partial charge in [-0.25, -0.2) is 18.0 Å². The van der Waals surface area contributed by atoms with Gasteiger partial charge < -0.3 is 30.0 Å². The van der Waals surface area contributed by atoms with Crippen LogP contribution in [-0.2, 0) is 9.47 Å². The number of ether oxygens (including phenoxy) is 3. The summed E-state index contributed by atoms with van der Waals surface area (Å²) in [6.45, 7) is 13.3. The molecule has 0 saturated heterocycles. The van der Waals surface area contributed by atoms with Crippen LogP contribution in [0.4, 0.5) is 18.9 Å². The van der Waals surface area contributed by atoms with E-state index in [1.54, 1.807) is 24.3 Å². The molecule has 302 valence electrons. The van der Waals surface area contributed by atoms with Gasteiger partial charge in [-0.05, 0) is 88.5 Å². The first kappa shape index (κ1) is 41.5. The van der Waals surface area contributed by atoms with E-state index in [9.17, 15) is 14.7 Å². The third kappa shape index (κ3) is 8.57. The third-order valence-corrected chi connectivity index (χ3v) is 11.0. The quantitative estimate of drug-likeness (QED) is 0.0629. The highest BCUT2D eigenvalue weighted by Crippen LogP contribution is 2.47. The van der Waals surface area contributed by atoms with Gasteiger partial charge in [0.25, 0.3) is 5.91 Å². The summed E-state index contributed by atoms with van der Waals surface area (Å²) in [4.78, 5) is 31.2. The number of hydrogen-bond acceptors (Lipinski definition) is 7. The predicted molar refractivity (Wildman–Crippen MR) is 210 cm³/mol. The molecule has 9 nitrogen and oxygen atoms in total. The minimum Gasteiger partial charge on any atom is -0.478 e. The maximum Gasteiger partial charge on any atom is 0.339 e. The minimum absolute atomic E-state index is 0.00413. The van der Waals surface area contributed by atoms with Gasteiger partial charge in [-0.15, -0.1) is 11.6 Å². The number of fused-ring (bicyclic) bond motifs is 4. The van der Waals surface area contributed by atoms with E-state index in [1.807, 2.05) is 20.8 Å². The van der Waals surface area contributed by atoms with E-state index in [-0.39, 0.29) is 70.5 Å². The second kappa shape index (κ2) is 16.8. The Hall–Kier alpha value is -4.13. The molecule has 2 atom stereocenters. The molecule has 3 aliphatic rings. The fraction of sp³-hybridized carbons (Fsp3) is 0.512. The molecule has 1 amide bonds. The number of carboxylic acids is 1. The second-order valence-corrected chi connectivity index (χ2v) is 16.8. The molecule has 0 bridgehead atoms. The highest BCUT2D eigenvalue weighted by molar-refractivity contribution is 6.17. The maximum absolute atomic E-state index is 17.2. The summed E-state index contributed by atoms with van der Waals surface area (Å²) < 4.78 is 66.6. The summed E-state index contributed by atoms with van der Waals surface area (Å²) in [5.41, 5.74) is -1.12. The number of nitrogens with zero attached hydrogens (tertiary/aromatic N) is 1. The van der Waals surface area contributed by atoms with Crippen LogP contribution in [0.25, 0.3) is 5.57 Å². The highest BCUT2D eigenvalue weighted by Gasteiger charge is 2.38. The van der Waals surface area contributed by atoms with E-state index in [0.717, 1.165) is 48.9 Å². The number of nitrogens with one attached hydrogen (secondary N) is 2. The van der Waals surface area contributed by atoms with E-state index in [0.29, 0.717) is 30.9 Å². The largest absolute Gasteiger partial charge is 0.478 e. The number of anilines is 1. The molecule has 56 heavy (non-hydrogen) atoms. The lowest BCUT2D eigenvalue weighted by Gasteiger charge is -2.38. The molecule has 2 unspecified atom stereocenters. The molecular formula is C43H51ClF3N3O6. The summed E-state index contributed by atoms with van der Waals surface area (Å²) in [7, 11) is 0. The summed E-state index contributed by atoms with van der Waals surface area (Å²) >= 11 is 5.69. The topological polar surface area (TPSA) is 118 Å². The molecular weight excluding hydrogens is 747 g/mol. The van der Waals surface area contributed by atoms with E-state index in [2.05, 4.69) is 31.4 Å². The van der Waals surface area contributed by atoms with Crippen LogP contribution >= 0.6 is 11.6 Å². The summed E-state index contributed by atoms with van der Waals surface area (Å²) in [5, 5.41) is 17.3. The first-order valence-electron chi connectivity index (χ1n) is 19.4. The van der Waals surface area contributed by atoms with Gasteiger partial charge in [0.2, 0.25) is 0 Å². The van der Waals surface area contributed by atoms with Crippen LogP contribution in [0.15, 0.2) is 29.3 Å². The van der Waals surface area contributed by atoms with Crippen molar-refractivity contribution in [3.63, 3.8) is 0 Å². The van der Waals surface area contributed by atoms with E-state index in [4.69, 9.17) is 30.8 Å². The zero-order valence-corrected chi connectivity index (χ0v) is 33.7. The Morgan fingerprint density at radius 3 is 2.27 bits per heavy atom. The van der Waals surface area contributed by atoms with Crippen molar-refractivity contribution in [1.29, 1.82) is 0 Å². The maximum atomic E-state index is 17.2. The van der Waals surface area contributed by atoms with Crippen LogP contribution in [0.5, 0.6) is 11.5 Å². The molecule has 3 aliphatic heterocycles. The number of carbonyl (C=O) groups is 2. The lowest BCUT2D eigenvalue weighted by Crippen LogP contribution is -2.37. The molecule has 3 N–H and O–H groups in total. The molecule has 0 radical (unpaired) electrons. The van der Waals surface area contributed by atoms with Crippen LogP contribution in [0.2, 0.25) is 0 Å². The molecule has 3 aromatic rings. The average molecular weight is 798 g/mol. The summed E-state index contributed by atoms with van der Waals surface area (Å²) in [6, 6.07) is 7.06. The Balaban J connectivity index is 1.42. The number of amides is 1. The van der Waals surface area contributed by atoms with Crippen molar-refractivity contribution >= 4 is 34.7 Å². The summed E-state index contributed by atoms with van der Waals surface area (Å²) in [5.74, 6) is -7.26. The Bertz CT molecular complexity index is 2160. The molecule has 3 aromatic carbocycles. The highest BCUT2D eigenvalue weighted by atomic mass is 35.5. The first-order chi connectivity index (χ1) is 26.5. The fourth-order valence-electron chi connectivity index (χ4n) is 8.40. The number of carboxylic acid groups (broad SMARTS) is 1. The standard InChI is InChI=1S/C43H51ClF3N3O6/c1-23-21-42(3,4)49-29-19-31-27(17-25(23)29)33(28-18-26-24(2)22-43(5,6)50-30(26)20-32(28)56-31)34-35(41(52)53)38(46)39(47)36(37(34)45)40(51)48-12-14-55-16-15-54-13-10-8-7-9-11-44/h17-20,23-24,49H,7-16,21-22H2,1-6H3,(H,48,51)(H,52,53). The van der Waals surface area contributed by atoms with Crippen LogP contribution in [0, 0.1) is 17.5 Å². The van der Waals surface area contributed by atoms with Gasteiger partial charge in [0.15, 0.2) is 11.6 Å².